The van der Waals surface area contributed by atoms with Crippen molar-refractivity contribution in [3.8, 4) is 0 Å². The van der Waals surface area contributed by atoms with Crippen molar-refractivity contribution >= 4 is 29.1 Å². The molecule has 0 spiro atoms. The molecule has 0 aliphatic carbocycles. The third kappa shape index (κ3) is 4.77. The van der Waals surface area contributed by atoms with Crippen LogP contribution in [0.1, 0.15) is 50.7 Å². The Hall–Kier alpha value is -3.20. The summed E-state index contributed by atoms with van der Waals surface area (Å²) >= 11 is 0. The summed E-state index contributed by atoms with van der Waals surface area (Å²) in [6.45, 7) is 7.63. The minimum Gasteiger partial charge on any atom is -0.391 e. The minimum atomic E-state index is -0.360. The first-order chi connectivity index (χ1) is 14.9. The molecular formula is C22H29N7O2. The number of benzene rings is 1. The highest BCUT2D eigenvalue weighted by Crippen LogP contribution is 2.25. The number of hydrogen-bond acceptors (Lipinski definition) is 7. The first kappa shape index (κ1) is 21.0. The summed E-state index contributed by atoms with van der Waals surface area (Å²) in [6, 6.07) is 7.67. The lowest BCUT2D eigenvalue weighted by Crippen LogP contribution is -2.39. The van der Waals surface area contributed by atoms with Gasteiger partial charge in [-0.05, 0) is 36.5 Å². The second kappa shape index (κ2) is 8.89. The first-order valence-corrected chi connectivity index (χ1v) is 10.7. The van der Waals surface area contributed by atoms with E-state index in [1.807, 2.05) is 35.4 Å². The number of anilines is 3. The Labute approximate surface area is 181 Å². The number of aliphatic hydroxyl groups excluding tert-OH is 1. The van der Waals surface area contributed by atoms with Crippen LogP contribution in [0, 0.1) is 0 Å². The Morgan fingerprint density at radius 3 is 2.71 bits per heavy atom. The van der Waals surface area contributed by atoms with Crippen molar-refractivity contribution in [2.45, 2.75) is 52.2 Å². The van der Waals surface area contributed by atoms with Crippen LogP contribution >= 0.6 is 0 Å². The number of aromatic nitrogens is 4. The molecule has 1 saturated heterocycles. The van der Waals surface area contributed by atoms with Gasteiger partial charge in [-0.1, -0.05) is 26.0 Å². The van der Waals surface area contributed by atoms with Crippen molar-refractivity contribution in [3.05, 3.63) is 41.6 Å². The van der Waals surface area contributed by atoms with Gasteiger partial charge in [0.2, 0.25) is 17.8 Å². The highest BCUT2D eigenvalue weighted by molar-refractivity contribution is 5.88. The number of nitrogens with zero attached hydrogens (tertiary/aromatic N) is 5. The van der Waals surface area contributed by atoms with Gasteiger partial charge in [0, 0.05) is 37.8 Å². The molecule has 1 aliphatic heterocycles. The first-order valence-electron chi connectivity index (χ1n) is 10.7. The topological polar surface area (TPSA) is 108 Å². The molecule has 1 aliphatic rings. The lowest BCUT2D eigenvalue weighted by atomic mass is 10.1. The van der Waals surface area contributed by atoms with E-state index < -0.39 is 0 Å². The summed E-state index contributed by atoms with van der Waals surface area (Å²) in [5.74, 6) is 1.40. The molecule has 164 valence electrons. The lowest BCUT2D eigenvalue weighted by Gasteiger charge is -2.30. The van der Waals surface area contributed by atoms with Crippen molar-refractivity contribution in [2.75, 3.05) is 28.6 Å². The van der Waals surface area contributed by atoms with Crippen LogP contribution in [0.5, 0.6) is 0 Å². The van der Waals surface area contributed by atoms with Gasteiger partial charge in [0.15, 0.2) is 5.65 Å². The Morgan fingerprint density at radius 1 is 1.26 bits per heavy atom. The van der Waals surface area contributed by atoms with Gasteiger partial charge in [-0.3, -0.25) is 4.79 Å². The molecule has 0 saturated carbocycles. The number of carbonyl (C=O) groups is 1. The molecular weight excluding hydrogens is 394 g/mol. The van der Waals surface area contributed by atoms with Crippen LogP contribution in [0.2, 0.25) is 0 Å². The fourth-order valence-corrected chi connectivity index (χ4v) is 3.77. The van der Waals surface area contributed by atoms with E-state index in [2.05, 4.69) is 29.6 Å². The molecule has 1 fully saturated rings. The average Bonchev–Trinajstić information content (AvgIpc) is 3.17. The quantitative estimate of drug-likeness (QED) is 0.559. The van der Waals surface area contributed by atoms with Gasteiger partial charge in [-0.25, -0.2) is 0 Å². The fraction of sp³-hybridized carbons (Fsp3) is 0.455. The van der Waals surface area contributed by atoms with Crippen LogP contribution in [0.15, 0.2) is 30.5 Å². The van der Waals surface area contributed by atoms with Crippen LogP contribution in [0.3, 0.4) is 0 Å². The average molecular weight is 424 g/mol. The van der Waals surface area contributed by atoms with Gasteiger partial charge in [-0.2, -0.15) is 19.6 Å². The number of piperidine rings is 1. The van der Waals surface area contributed by atoms with Crippen molar-refractivity contribution in [1.29, 1.82) is 0 Å². The van der Waals surface area contributed by atoms with Crippen molar-refractivity contribution in [1.82, 2.24) is 19.6 Å². The summed E-state index contributed by atoms with van der Waals surface area (Å²) in [4.78, 5) is 22.8. The summed E-state index contributed by atoms with van der Waals surface area (Å²) < 4.78 is 1.74. The van der Waals surface area contributed by atoms with Crippen LogP contribution < -0.4 is 15.5 Å². The van der Waals surface area contributed by atoms with E-state index in [1.54, 1.807) is 4.52 Å². The Balaban J connectivity index is 1.61. The van der Waals surface area contributed by atoms with E-state index >= 15 is 0 Å². The predicted octanol–water partition coefficient (Wildman–Crippen LogP) is 2.78. The molecule has 1 aromatic carbocycles. The molecule has 4 rings (SSSR count). The number of aliphatic hydroxyl groups is 1. The summed E-state index contributed by atoms with van der Waals surface area (Å²) in [5.41, 5.74) is 3.65. The molecule has 31 heavy (non-hydrogen) atoms. The fourth-order valence-electron chi connectivity index (χ4n) is 3.77. The Kier molecular flexibility index (Phi) is 6.03. The van der Waals surface area contributed by atoms with E-state index in [-0.39, 0.29) is 17.9 Å². The van der Waals surface area contributed by atoms with Gasteiger partial charge < -0.3 is 20.6 Å². The molecule has 1 amide bonds. The van der Waals surface area contributed by atoms with E-state index in [4.69, 9.17) is 9.97 Å². The van der Waals surface area contributed by atoms with E-state index in [9.17, 15) is 9.90 Å². The molecule has 3 aromatic rings. The van der Waals surface area contributed by atoms with E-state index in [0.29, 0.717) is 25.0 Å². The largest absolute Gasteiger partial charge is 0.391 e. The van der Waals surface area contributed by atoms with E-state index in [0.717, 1.165) is 41.8 Å². The minimum absolute atomic E-state index is 0.0933. The normalized spacial score (nSPS) is 16.7. The van der Waals surface area contributed by atoms with Crippen LogP contribution in [0.25, 0.3) is 5.65 Å². The maximum absolute atomic E-state index is 11.2. The number of β-amino-alcohol motifs (C(OH)–C–C–N with tert-alkyl or cyclic N) is 1. The molecule has 9 heteroatoms. The maximum atomic E-state index is 11.2. The number of rotatable bonds is 6. The Morgan fingerprint density at radius 2 is 2.03 bits per heavy atom. The zero-order valence-corrected chi connectivity index (χ0v) is 18.2. The molecule has 0 radical (unpaired) electrons. The third-order valence-corrected chi connectivity index (χ3v) is 5.41. The maximum Gasteiger partial charge on any atom is 0.230 e. The molecule has 0 bridgehead atoms. The van der Waals surface area contributed by atoms with E-state index in [1.165, 1.54) is 6.92 Å². The highest BCUT2D eigenvalue weighted by Gasteiger charge is 2.23. The van der Waals surface area contributed by atoms with Gasteiger partial charge in [-0.15, -0.1) is 0 Å². The van der Waals surface area contributed by atoms with Crippen LogP contribution in [-0.2, 0) is 11.3 Å². The van der Waals surface area contributed by atoms with Crippen molar-refractivity contribution in [2.24, 2.45) is 0 Å². The van der Waals surface area contributed by atoms with Crippen LogP contribution in [-0.4, -0.2) is 49.8 Å². The molecule has 9 nitrogen and oxygen atoms in total. The van der Waals surface area contributed by atoms with Gasteiger partial charge in [0.1, 0.15) is 0 Å². The second-order valence-electron chi connectivity index (χ2n) is 8.31. The number of hydrogen-bond donors (Lipinski definition) is 3. The predicted molar refractivity (Wildman–Crippen MR) is 120 cm³/mol. The second-order valence-corrected chi connectivity index (χ2v) is 8.31. The smallest absolute Gasteiger partial charge is 0.230 e. The summed E-state index contributed by atoms with van der Waals surface area (Å²) in [5, 5.41) is 20.8. The molecule has 2 aromatic heterocycles. The zero-order chi connectivity index (χ0) is 22.0. The number of fused-ring (bicyclic) bond motifs is 1. The standard InChI is InChI=1S/C22H29N7O2/c1-14(2)19-12-24-29-20(19)26-22(28-10-4-5-18(31)13-28)27-21(29)23-11-16-6-8-17(9-7-16)25-15(3)30/h6-9,12,14,18,31H,4-5,10-11,13H2,1-3H3,(H,25,30)(H,23,26,27)/t18-/m0/s1. The summed E-state index contributed by atoms with van der Waals surface area (Å²) in [7, 11) is 0. The monoisotopic (exact) mass is 423 g/mol. The van der Waals surface area contributed by atoms with Crippen molar-refractivity contribution in [3.63, 3.8) is 0 Å². The number of carbonyl (C=O) groups excluding carboxylic acids is 1. The Bertz CT molecular complexity index is 1060. The zero-order valence-electron chi connectivity index (χ0n) is 18.2. The van der Waals surface area contributed by atoms with Gasteiger partial charge in [0.25, 0.3) is 0 Å². The number of amides is 1. The highest BCUT2D eigenvalue weighted by atomic mass is 16.3. The van der Waals surface area contributed by atoms with Crippen LogP contribution in [0.4, 0.5) is 17.6 Å². The van der Waals surface area contributed by atoms with Gasteiger partial charge in [0.05, 0.1) is 12.3 Å². The summed E-state index contributed by atoms with van der Waals surface area (Å²) in [6.07, 6.45) is 3.20. The SMILES string of the molecule is CC(=O)Nc1ccc(CNc2nc(N3CCC[C@H](O)C3)nc3c(C(C)C)cnn23)cc1. The molecule has 1 atom stereocenters. The third-order valence-electron chi connectivity index (χ3n) is 5.41. The molecule has 3 heterocycles. The number of nitrogens with one attached hydrogen (secondary N) is 2. The van der Waals surface area contributed by atoms with Crippen molar-refractivity contribution < 1.29 is 9.90 Å². The molecule has 3 N–H and O–H groups in total. The van der Waals surface area contributed by atoms with Gasteiger partial charge >= 0.3 is 0 Å². The molecule has 0 unspecified atom stereocenters. The lowest BCUT2D eigenvalue weighted by molar-refractivity contribution is -0.114.